The number of hydrogen-bond donors (Lipinski definition) is 3. The van der Waals surface area contributed by atoms with Crippen LogP contribution in [0.3, 0.4) is 0 Å². The van der Waals surface area contributed by atoms with Crippen molar-refractivity contribution in [3.05, 3.63) is 0 Å². The van der Waals surface area contributed by atoms with E-state index in [4.69, 9.17) is 33.2 Å². The van der Waals surface area contributed by atoms with Crippen LogP contribution < -0.4 is 16.0 Å². The third-order valence-corrected chi connectivity index (χ3v) is 7.85. The Morgan fingerprint density at radius 2 is 1.38 bits per heavy atom. The third kappa shape index (κ3) is 15.6. The number of nitrogens with one attached hydrogen (secondary N) is 3. The average Bonchev–Trinajstić information content (AvgIpc) is 2.98. The summed E-state index contributed by atoms with van der Waals surface area (Å²) in [5.41, 5.74) is -2.11. The van der Waals surface area contributed by atoms with Crippen LogP contribution in [0.4, 0.5) is 4.79 Å². The predicted molar refractivity (Wildman–Crippen MR) is 174 cm³/mol. The molecule has 0 aromatic rings. The molecule has 1 rings (SSSR count). The molecule has 0 aromatic heterocycles. The Morgan fingerprint density at radius 3 is 1.88 bits per heavy atom. The van der Waals surface area contributed by atoms with E-state index in [9.17, 15) is 38.4 Å². The van der Waals surface area contributed by atoms with Crippen molar-refractivity contribution in [2.75, 3.05) is 19.6 Å². The van der Waals surface area contributed by atoms with Gasteiger partial charge in [-0.3, -0.25) is 28.8 Å². The fourth-order valence-corrected chi connectivity index (χ4v) is 5.52. The second-order valence-electron chi connectivity index (χ2n) is 12.3. The lowest BCUT2D eigenvalue weighted by atomic mass is 9.98. The average molecular weight is 736 g/mol. The summed E-state index contributed by atoms with van der Waals surface area (Å²) in [4.78, 5) is 99.0. The minimum atomic E-state index is -1.49. The lowest BCUT2D eigenvalue weighted by Crippen LogP contribution is -2.61. The molecule has 0 aliphatic carbocycles. The number of carbonyl (C=O) groups excluding carboxylic acids is 8. The van der Waals surface area contributed by atoms with Crippen LogP contribution in [0.15, 0.2) is 0 Å². The highest BCUT2D eigenvalue weighted by atomic mass is 32.2. The number of amides is 3. The molecule has 0 radical (unpaired) electrons. The van der Waals surface area contributed by atoms with Crippen molar-refractivity contribution < 1.29 is 71.5 Å². The summed E-state index contributed by atoms with van der Waals surface area (Å²) in [5, 5.41) is 7.45. The van der Waals surface area contributed by atoms with Gasteiger partial charge in [-0.15, -0.1) is 11.8 Å². The van der Waals surface area contributed by atoms with E-state index < -0.39 is 108 Å². The van der Waals surface area contributed by atoms with Crippen LogP contribution >= 0.6 is 11.8 Å². The van der Waals surface area contributed by atoms with Crippen molar-refractivity contribution in [3.63, 3.8) is 0 Å². The van der Waals surface area contributed by atoms with E-state index in [0.29, 0.717) is 6.42 Å². The largest absolute Gasteiger partial charge is 0.467 e. The molecule has 0 saturated carbocycles. The number of hydrogen-bond acceptors (Lipinski definition) is 16. The first-order valence-electron chi connectivity index (χ1n) is 15.7. The molecule has 0 aromatic carbocycles. The number of ether oxygens (including phenoxy) is 7. The first kappa shape index (κ1) is 43.9. The maximum absolute atomic E-state index is 13.3. The normalized spacial score (nSPS) is 21.9. The van der Waals surface area contributed by atoms with Gasteiger partial charge in [0.2, 0.25) is 11.8 Å². The van der Waals surface area contributed by atoms with Crippen LogP contribution in [0.5, 0.6) is 0 Å². The van der Waals surface area contributed by atoms with Crippen LogP contribution in [0.2, 0.25) is 0 Å². The minimum Gasteiger partial charge on any atom is -0.467 e. The van der Waals surface area contributed by atoms with E-state index in [1.54, 1.807) is 34.6 Å². The van der Waals surface area contributed by atoms with Crippen LogP contribution in [-0.2, 0) is 66.7 Å². The van der Waals surface area contributed by atoms with E-state index in [1.165, 1.54) is 0 Å². The summed E-state index contributed by atoms with van der Waals surface area (Å²) >= 11 is 0.870. The molecule has 1 aliphatic rings. The molecule has 8 atom stereocenters. The first-order valence-corrected chi connectivity index (χ1v) is 16.8. The molecular formula is C31H49N3O15S. The van der Waals surface area contributed by atoms with Crippen molar-refractivity contribution in [1.82, 2.24) is 16.0 Å². The quantitative estimate of drug-likeness (QED) is 0.113. The highest BCUT2D eigenvalue weighted by Gasteiger charge is 2.52. The van der Waals surface area contributed by atoms with E-state index in [-0.39, 0.29) is 11.8 Å². The zero-order chi connectivity index (χ0) is 38.3. The van der Waals surface area contributed by atoms with E-state index >= 15 is 0 Å². The first-order chi connectivity index (χ1) is 23.2. The third-order valence-electron chi connectivity index (χ3n) is 6.83. The zero-order valence-electron chi connectivity index (χ0n) is 30.0. The molecule has 3 N–H and O–H groups in total. The van der Waals surface area contributed by atoms with Gasteiger partial charge in [0.25, 0.3) is 0 Å². The lowest BCUT2D eigenvalue weighted by molar-refractivity contribution is -0.237. The Kier molecular flexibility index (Phi) is 18.0. The molecule has 19 heteroatoms. The number of alkyl carbamates (subject to hydrolysis) is 1. The molecule has 0 bridgehead atoms. The Hall–Kier alpha value is -4.13. The number of carbonyl (C=O) groups is 8. The Bertz CT molecular complexity index is 1240. The van der Waals surface area contributed by atoms with Gasteiger partial charge in [0.15, 0.2) is 18.3 Å². The lowest BCUT2D eigenvalue weighted by Gasteiger charge is -2.44. The van der Waals surface area contributed by atoms with Crippen molar-refractivity contribution in [2.24, 2.45) is 5.92 Å². The van der Waals surface area contributed by atoms with Crippen molar-refractivity contribution in [1.29, 1.82) is 0 Å². The second-order valence-corrected chi connectivity index (χ2v) is 13.4. The molecule has 50 heavy (non-hydrogen) atoms. The number of esters is 5. The minimum absolute atomic E-state index is 0.245. The second kappa shape index (κ2) is 20.5. The van der Waals surface area contributed by atoms with E-state index in [2.05, 4.69) is 16.0 Å². The highest BCUT2D eigenvalue weighted by molar-refractivity contribution is 7.99. The predicted octanol–water partition coefficient (Wildman–Crippen LogP) is 0.864. The summed E-state index contributed by atoms with van der Waals surface area (Å²) in [6, 6.07) is -2.56. The summed E-state index contributed by atoms with van der Waals surface area (Å²) in [5.74, 6) is -5.97. The molecular weight excluding hydrogens is 686 g/mol. The van der Waals surface area contributed by atoms with Crippen molar-refractivity contribution in [3.8, 4) is 0 Å². The topological polar surface area (TPSA) is 237 Å². The Balaban J connectivity index is 3.25. The van der Waals surface area contributed by atoms with Crippen LogP contribution in [0.25, 0.3) is 0 Å². The van der Waals surface area contributed by atoms with E-state index in [0.717, 1.165) is 46.6 Å². The van der Waals surface area contributed by atoms with Gasteiger partial charge in [0.05, 0.1) is 19.4 Å². The molecule has 1 saturated heterocycles. The molecule has 0 spiro atoms. The number of methoxy groups -OCH3 is 1. The monoisotopic (exact) mass is 735 g/mol. The van der Waals surface area contributed by atoms with Gasteiger partial charge in [-0.05, 0) is 26.7 Å². The smallest absolute Gasteiger partial charge is 0.408 e. The van der Waals surface area contributed by atoms with Gasteiger partial charge in [0.1, 0.15) is 35.8 Å². The summed E-state index contributed by atoms with van der Waals surface area (Å²) in [7, 11) is 1.16. The number of thioether (sulfide) groups is 1. The molecule has 1 heterocycles. The van der Waals surface area contributed by atoms with Crippen LogP contribution in [-0.4, -0.2) is 115 Å². The summed E-state index contributed by atoms with van der Waals surface area (Å²) in [6.45, 7) is 12.3. The molecule has 1 fully saturated rings. The maximum Gasteiger partial charge on any atom is 0.408 e. The van der Waals surface area contributed by atoms with Gasteiger partial charge in [-0.25, -0.2) is 9.59 Å². The van der Waals surface area contributed by atoms with Crippen molar-refractivity contribution >= 4 is 59.5 Å². The zero-order valence-corrected chi connectivity index (χ0v) is 30.8. The maximum atomic E-state index is 13.3. The highest BCUT2D eigenvalue weighted by Crippen LogP contribution is 2.34. The number of rotatable bonds is 16. The fraction of sp³-hybridized carbons (Fsp3) is 0.742. The fourth-order valence-electron chi connectivity index (χ4n) is 4.49. The van der Waals surface area contributed by atoms with Gasteiger partial charge in [-0.1, -0.05) is 20.3 Å². The van der Waals surface area contributed by atoms with Gasteiger partial charge < -0.3 is 49.1 Å². The standard InChI is InChI=1S/C31H49N3O15S/c1-11-15(2)23(28(41)43-10)34-27(40)20(33-30(42)49-31(7,8)9)12-22(39)32-14-50-29-26(47-19(6)38)25(46-18(5)37)24(45-17(4)36)21(48-29)13-44-16(3)35/h15,20-21,23-26,29H,11-14H2,1-10H3,(H,32,39)(H,33,42)(H,34,40)/t15-,20-,21+,23-,24-,25-,26+,29-/m0/s1. The van der Waals surface area contributed by atoms with Crippen LogP contribution in [0.1, 0.15) is 75.2 Å². The molecule has 0 unspecified atom stereocenters. The van der Waals surface area contributed by atoms with Gasteiger partial charge in [-0.2, -0.15) is 0 Å². The summed E-state index contributed by atoms with van der Waals surface area (Å²) < 4.78 is 37.3. The SMILES string of the molecule is CC[C@H](C)[C@H](NC(=O)[C@H](CC(=O)NCS[C@@H]1O[C@H](COC(C)=O)[C@H](OC(C)=O)[C@H](OC(C)=O)[C@H]1OC(C)=O)NC(=O)OC(C)(C)C)C(=O)OC. The molecule has 284 valence electrons. The van der Waals surface area contributed by atoms with Crippen LogP contribution in [0, 0.1) is 5.92 Å². The van der Waals surface area contributed by atoms with Gasteiger partial charge >= 0.3 is 35.9 Å². The Labute approximate surface area is 295 Å². The van der Waals surface area contributed by atoms with Gasteiger partial charge in [0, 0.05) is 27.7 Å². The van der Waals surface area contributed by atoms with E-state index in [1.807, 2.05) is 0 Å². The Morgan fingerprint density at radius 1 is 0.820 bits per heavy atom. The van der Waals surface area contributed by atoms with Crippen molar-refractivity contribution in [2.45, 2.75) is 123 Å². The molecule has 18 nitrogen and oxygen atoms in total. The molecule has 1 aliphatic heterocycles. The summed E-state index contributed by atoms with van der Waals surface area (Å²) in [6.07, 6.45) is -6.39. The molecule has 3 amide bonds.